The average Bonchev–Trinajstić information content (AvgIpc) is 3.31. The Balaban J connectivity index is 1.73. The number of aromatic nitrogens is 2. The highest BCUT2D eigenvalue weighted by atomic mass is 35.5. The van der Waals surface area contributed by atoms with Crippen LogP contribution in [-0.4, -0.2) is 18.2 Å². The predicted octanol–water partition coefficient (Wildman–Crippen LogP) is 5.64. The molecule has 5 aromatic rings. The smallest absolute Gasteiger partial charge is 0.345 e. The number of benzene rings is 3. The van der Waals surface area contributed by atoms with Crippen LogP contribution in [0, 0.1) is 11.3 Å². The van der Waals surface area contributed by atoms with Crippen LogP contribution in [0.4, 0.5) is 0 Å². The van der Waals surface area contributed by atoms with Crippen molar-refractivity contribution in [3.8, 4) is 23.0 Å². The van der Waals surface area contributed by atoms with Crippen LogP contribution in [0.5, 0.6) is 0 Å². The highest BCUT2D eigenvalue weighted by molar-refractivity contribution is 7.95. The van der Waals surface area contributed by atoms with Crippen molar-refractivity contribution in [2.75, 3.05) is 0 Å². The Morgan fingerprint density at radius 1 is 1.00 bits per heavy atom. The molecule has 176 valence electrons. The molecule has 0 N–H and O–H groups in total. The molecular weight excluding hydrogens is 498 g/mol. The molecule has 0 fully saturated rings. The van der Waals surface area contributed by atoms with E-state index < -0.39 is 20.4 Å². The number of allylic oxidation sites excluding steroid dienone is 1. The van der Waals surface area contributed by atoms with Gasteiger partial charge >= 0.3 is 5.63 Å². The Bertz CT molecular complexity index is 1830. The third-order valence-electron chi connectivity index (χ3n) is 5.47. The lowest BCUT2D eigenvalue weighted by atomic mass is 10.1. The molecule has 0 aliphatic rings. The fraction of sp³-hybridized carbons (Fsp3) is 0. The lowest BCUT2D eigenvalue weighted by molar-refractivity contribution is 0.563. The van der Waals surface area contributed by atoms with Crippen molar-refractivity contribution < 1.29 is 12.8 Å². The maximum atomic E-state index is 13.2. The van der Waals surface area contributed by atoms with Gasteiger partial charge in [-0.25, -0.2) is 17.9 Å². The fourth-order valence-electron chi connectivity index (χ4n) is 3.69. The third kappa shape index (κ3) is 4.33. The molecule has 0 saturated carbocycles. The molecule has 7 nitrogen and oxygen atoms in total. The molecule has 2 heterocycles. The third-order valence-corrected chi connectivity index (χ3v) is 7.40. The molecule has 0 aliphatic heterocycles. The van der Waals surface area contributed by atoms with Gasteiger partial charge in [0.15, 0.2) is 0 Å². The Labute approximate surface area is 211 Å². The van der Waals surface area contributed by atoms with E-state index >= 15 is 0 Å². The van der Waals surface area contributed by atoms with Gasteiger partial charge in [-0.3, -0.25) is 0 Å². The predicted molar refractivity (Wildman–Crippen MR) is 137 cm³/mol. The molecule has 2 aromatic heterocycles. The number of sulfone groups is 1. The normalized spacial score (nSPS) is 11.9. The summed E-state index contributed by atoms with van der Waals surface area (Å²) in [5.74, 6) is 0. The van der Waals surface area contributed by atoms with E-state index in [2.05, 4.69) is 5.10 Å². The Morgan fingerprint density at radius 3 is 2.42 bits per heavy atom. The quantitative estimate of drug-likeness (QED) is 0.222. The molecule has 0 radical (unpaired) electrons. The summed E-state index contributed by atoms with van der Waals surface area (Å²) in [5.41, 5.74) is 1.03. The minimum absolute atomic E-state index is 0.0816. The van der Waals surface area contributed by atoms with Crippen molar-refractivity contribution in [1.29, 1.82) is 5.26 Å². The molecule has 0 saturated heterocycles. The summed E-state index contributed by atoms with van der Waals surface area (Å²) < 4.78 is 33.4. The van der Waals surface area contributed by atoms with Crippen LogP contribution in [0.3, 0.4) is 0 Å². The Morgan fingerprint density at radius 2 is 1.69 bits per heavy atom. The van der Waals surface area contributed by atoms with Crippen LogP contribution in [0.25, 0.3) is 34.0 Å². The standard InChI is InChI=1S/C27H16ClN3O4S/c28-20-10-12-22(13-11-20)36(33,34)23(16-29)14-19-17-31(21-7-2-1-3-8-21)30-26(19)24-15-18-6-4-5-9-25(18)35-27(24)32/h1-15,17H/b23-14+. The highest BCUT2D eigenvalue weighted by Crippen LogP contribution is 2.29. The highest BCUT2D eigenvalue weighted by Gasteiger charge is 2.23. The first-order chi connectivity index (χ1) is 17.4. The summed E-state index contributed by atoms with van der Waals surface area (Å²) in [7, 11) is -4.16. The molecule has 0 aliphatic carbocycles. The first-order valence-electron chi connectivity index (χ1n) is 10.7. The lowest BCUT2D eigenvalue weighted by Crippen LogP contribution is -2.05. The summed E-state index contributed by atoms with van der Waals surface area (Å²) in [6.07, 6.45) is 2.77. The summed E-state index contributed by atoms with van der Waals surface area (Å²) >= 11 is 5.89. The van der Waals surface area contributed by atoms with Gasteiger partial charge in [0.1, 0.15) is 22.3 Å². The van der Waals surface area contributed by atoms with E-state index in [1.54, 1.807) is 36.5 Å². The first-order valence-corrected chi connectivity index (χ1v) is 12.5. The summed E-state index contributed by atoms with van der Waals surface area (Å²) in [6.45, 7) is 0. The molecular formula is C27H16ClN3O4S. The number of hydrogen-bond acceptors (Lipinski definition) is 6. The van der Waals surface area contributed by atoms with Gasteiger partial charge in [-0.05, 0) is 54.6 Å². The topological polar surface area (TPSA) is 106 Å². The van der Waals surface area contributed by atoms with Crippen molar-refractivity contribution in [2.24, 2.45) is 0 Å². The molecule has 36 heavy (non-hydrogen) atoms. The summed E-state index contributed by atoms with van der Waals surface area (Å²) in [6, 6.07) is 25.1. The molecule has 5 rings (SSSR count). The Hall–Kier alpha value is -4.45. The van der Waals surface area contributed by atoms with Crippen molar-refractivity contribution >= 4 is 38.5 Å². The largest absolute Gasteiger partial charge is 0.422 e. The van der Waals surface area contributed by atoms with E-state index in [9.17, 15) is 18.5 Å². The minimum atomic E-state index is -4.16. The minimum Gasteiger partial charge on any atom is -0.422 e. The first kappa shape index (κ1) is 23.3. The second kappa shape index (κ2) is 9.30. The molecule has 0 amide bonds. The molecule has 9 heteroatoms. The van der Waals surface area contributed by atoms with Gasteiger partial charge in [-0.2, -0.15) is 10.4 Å². The molecule has 3 aromatic carbocycles. The molecule has 0 atom stereocenters. The monoisotopic (exact) mass is 513 g/mol. The van der Waals surface area contributed by atoms with E-state index in [4.69, 9.17) is 16.0 Å². The second-order valence-corrected chi connectivity index (χ2v) is 10.1. The molecule has 0 unspecified atom stereocenters. The zero-order valence-corrected chi connectivity index (χ0v) is 20.1. The lowest BCUT2D eigenvalue weighted by Gasteiger charge is -2.04. The zero-order chi connectivity index (χ0) is 25.3. The van der Waals surface area contributed by atoms with Crippen LogP contribution in [-0.2, 0) is 9.84 Å². The van der Waals surface area contributed by atoms with E-state index in [0.717, 1.165) is 0 Å². The fourth-order valence-corrected chi connectivity index (χ4v) is 4.97. The van der Waals surface area contributed by atoms with Crippen molar-refractivity contribution in [2.45, 2.75) is 4.90 Å². The van der Waals surface area contributed by atoms with Gasteiger partial charge in [-0.1, -0.05) is 48.0 Å². The van der Waals surface area contributed by atoms with Gasteiger partial charge in [0, 0.05) is 22.2 Å². The number of para-hydroxylation sites is 2. The van der Waals surface area contributed by atoms with Crippen LogP contribution in [0.1, 0.15) is 5.56 Å². The van der Waals surface area contributed by atoms with Crippen molar-refractivity contribution in [1.82, 2.24) is 9.78 Å². The van der Waals surface area contributed by atoms with Crippen LogP contribution in [0.15, 0.2) is 110 Å². The van der Waals surface area contributed by atoms with Crippen LogP contribution < -0.4 is 5.63 Å². The van der Waals surface area contributed by atoms with Gasteiger partial charge in [-0.15, -0.1) is 0 Å². The number of fused-ring (bicyclic) bond motifs is 1. The number of rotatable bonds is 5. The zero-order valence-electron chi connectivity index (χ0n) is 18.5. The van der Waals surface area contributed by atoms with Gasteiger partial charge in [0.2, 0.25) is 9.84 Å². The van der Waals surface area contributed by atoms with Crippen molar-refractivity contribution in [3.05, 3.63) is 117 Å². The second-order valence-electron chi connectivity index (χ2n) is 7.78. The molecule has 0 spiro atoms. The van der Waals surface area contributed by atoms with Gasteiger partial charge < -0.3 is 4.42 Å². The van der Waals surface area contributed by atoms with E-state index in [0.29, 0.717) is 21.7 Å². The Kier molecular flexibility index (Phi) is 6.02. The SMILES string of the molecule is N#C/C(=C\c1cn(-c2ccccc2)nc1-c1cc2ccccc2oc1=O)S(=O)(=O)c1ccc(Cl)cc1. The van der Waals surface area contributed by atoms with E-state index in [1.807, 2.05) is 36.4 Å². The van der Waals surface area contributed by atoms with Crippen LogP contribution in [0.2, 0.25) is 5.02 Å². The number of halogens is 1. The number of nitrogens with zero attached hydrogens (tertiary/aromatic N) is 3. The van der Waals surface area contributed by atoms with Crippen molar-refractivity contribution in [3.63, 3.8) is 0 Å². The maximum Gasteiger partial charge on any atom is 0.345 e. The molecule has 0 bridgehead atoms. The van der Waals surface area contributed by atoms with Gasteiger partial charge in [0.05, 0.1) is 16.1 Å². The van der Waals surface area contributed by atoms with E-state index in [1.165, 1.54) is 35.0 Å². The average molecular weight is 514 g/mol. The van der Waals surface area contributed by atoms with Crippen LogP contribution >= 0.6 is 11.6 Å². The van der Waals surface area contributed by atoms with E-state index in [-0.39, 0.29) is 21.7 Å². The summed E-state index contributed by atoms with van der Waals surface area (Å²) in [4.78, 5) is 12.3. The van der Waals surface area contributed by atoms with Gasteiger partial charge in [0.25, 0.3) is 0 Å². The number of nitriles is 1. The maximum absolute atomic E-state index is 13.2. The number of hydrogen-bond donors (Lipinski definition) is 0. The summed E-state index contributed by atoms with van der Waals surface area (Å²) in [5, 5.41) is 15.4.